The van der Waals surface area contributed by atoms with Crippen LogP contribution in [0.25, 0.3) is 11.0 Å². The number of fused-ring (bicyclic) bond motifs is 1. The molecule has 0 saturated heterocycles. The quantitative estimate of drug-likeness (QED) is 0.848. The van der Waals surface area contributed by atoms with Crippen LogP contribution in [0.15, 0.2) is 18.2 Å². The van der Waals surface area contributed by atoms with E-state index in [1.807, 2.05) is 18.2 Å². The van der Waals surface area contributed by atoms with Crippen molar-refractivity contribution in [2.75, 3.05) is 0 Å². The van der Waals surface area contributed by atoms with Crippen molar-refractivity contribution in [3.05, 3.63) is 29.6 Å². The highest BCUT2D eigenvalue weighted by atomic mass is 16.1. The maximum atomic E-state index is 12.3. The molecule has 1 aromatic heterocycles. The molecule has 0 bridgehead atoms. The van der Waals surface area contributed by atoms with Gasteiger partial charge < -0.3 is 4.98 Å². The number of nitrogens with one attached hydrogen (secondary N) is 1. The topological polar surface area (TPSA) is 45.8 Å². The fourth-order valence-electron chi connectivity index (χ4n) is 3.48. The molecule has 20 heavy (non-hydrogen) atoms. The van der Waals surface area contributed by atoms with Gasteiger partial charge in [-0.2, -0.15) is 0 Å². The largest absolute Gasteiger partial charge is 0.342 e. The summed E-state index contributed by atoms with van der Waals surface area (Å²) in [6.45, 7) is 0. The minimum atomic E-state index is 0.268. The van der Waals surface area contributed by atoms with E-state index in [1.54, 1.807) is 0 Å². The van der Waals surface area contributed by atoms with Crippen molar-refractivity contribution in [3.8, 4) is 0 Å². The number of benzene rings is 1. The number of carbonyl (C=O) groups excluding carboxylic acids is 1. The summed E-state index contributed by atoms with van der Waals surface area (Å²) >= 11 is 0. The van der Waals surface area contributed by atoms with Crippen molar-refractivity contribution >= 4 is 16.8 Å². The van der Waals surface area contributed by atoms with Crippen LogP contribution in [0.3, 0.4) is 0 Å². The second kappa shape index (κ2) is 4.72. The minimum Gasteiger partial charge on any atom is -0.342 e. The van der Waals surface area contributed by atoms with Gasteiger partial charge >= 0.3 is 0 Å². The molecule has 0 unspecified atom stereocenters. The van der Waals surface area contributed by atoms with Gasteiger partial charge in [0.25, 0.3) is 0 Å². The lowest BCUT2D eigenvalue weighted by Crippen LogP contribution is -2.21. The summed E-state index contributed by atoms with van der Waals surface area (Å²) in [7, 11) is 0. The molecular formula is C17H20N2O. The molecule has 0 amide bonds. The smallest absolute Gasteiger partial charge is 0.166 e. The van der Waals surface area contributed by atoms with E-state index in [0.29, 0.717) is 11.7 Å². The first-order chi connectivity index (χ1) is 9.81. The third-order valence-corrected chi connectivity index (χ3v) is 5.00. The zero-order chi connectivity index (χ0) is 13.5. The molecular weight excluding hydrogens is 248 g/mol. The molecule has 0 aliphatic heterocycles. The molecule has 2 aliphatic rings. The van der Waals surface area contributed by atoms with E-state index < -0.39 is 0 Å². The number of H-pyrrole nitrogens is 1. The zero-order valence-electron chi connectivity index (χ0n) is 11.7. The number of aromatic amines is 1. The summed E-state index contributed by atoms with van der Waals surface area (Å²) in [6.07, 6.45) is 8.44. The van der Waals surface area contributed by atoms with Crippen LogP contribution in [0.2, 0.25) is 0 Å². The summed E-state index contributed by atoms with van der Waals surface area (Å²) in [5, 5.41) is 0. The summed E-state index contributed by atoms with van der Waals surface area (Å²) in [6, 6.07) is 5.94. The number of Topliss-reactive ketones (excluding diaryl/α,β-unsaturated/α-hetero) is 1. The molecule has 4 rings (SSSR count). The molecule has 2 fully saturated rings. The molecule has 1 aromatic carbocycles. The van der Waals surface area contributed by atoms with Gasteiger partial charge in [0.1, 0.15) is 5.82 Å². The van der Waals surface area contributed by atoms with Crippen LogP contribution in [0, 0.1) is 5.92 Å². The van der Waals surface area contributed by atoms with Crippen LogP contribution >= 0.6 is 0 Å². The number of aromatic nitrogens is 2. The summed E-state index contributed by atoms with van der Waals surface area (Å²) < 4.78 is 0. The number of imidazole rings is 1. The average Bonchev–Trinajstić information content (AvgIpc) is 3.04. The molecule has 3 nitrogen and oxygen atoms in total. The normalized spacial score (nSPS) is 20.4. The molecule has 2 aliphatic carbocycles. The van der Waals surface area contributed by atoms with Gasteiger partial charge in [-0.1, -0.05) is 19.3 Å². The van der Waals surface area contributed by atoms with Gasteiger partial charge in [-0.05, 0) is 43.9 Å². The van der Waals surface area contributed by atoms with Gasteiger partial charge in [0.05, 0.1) is 11.0 Å². The van der Waals surface area contributed by atoms with E-state index in [2.05, 4.69) is 4.98 Å². The molecule has 3 heteroatoms. The molecule has 0 atom stereocenters. The molecule has 1 N–H and O–H groups in total. The van der Waals surface area contributed by atoms with Gasteiger partial charge in [0.2, 0.25) is 0 Å². The van der Waals surface area contributed by atoms with Gasteiger partial charge in [0, 0.05) is 17.4 Å². The Morgan fingerprint density at radius 3 is 2.60 bits per heavy atom. The lowest BCUT2D eigenvalue weighted by molar-refractivity contribution is 0.0855. The maximum absolute atomic E-state index is 12.3. The number of ketones is 1. The molecule has 104 valence electrons. The third kappa shape index (κ3) is 1.96. The van der Waals surface area contributed by atoms with Crippen LogP contribution in [-0.4, -0.2) is 15.8 Å². The zero-order valence-corrected chi connectivity index (χ0v) is 11.7. The van der Waals surface area contributed by atoms with E-state index in [-0.39, 0.29) is 5.92 Å². The lowest BCUT2D eigenvalue weighted by atomic mass is 9.80. The highest BCUT2D eigenvalue weighted by Gasteiger charge is 2.26. The van der Waals surface area contributed by atoms with Crippen molar-refractivity contribution in [3.63, 3.8) is 0 Å². The Hall–Kier alpha value is -1.64. The molecule has 2 aromatic rings. The van der Waals surface area contributed by atoms with Crippen LogP contribution in [0.5, 0.6) is 0 Å². The molecule has 2 saturated carbocycles. The van der Waals surface area contributed by atoms with Crippen LogP contribution in [0.4, 0.5) is 0 Å². The van der Waals surface area contributed by atoms with E-state index in [4.69, 9.17) is 4.98 Å². The van der Waals surface area contributed by atoms with Crippen LogP contribution in [-0.2, 0) is 0 Å². The number of hydrogen-bond acceptors (Lipinski definition) is 2. The Kier molecular flexibility index (Phi) is 2.86. The fraction of sp³-hybridized carbons (Fsp3) is 0.529. The van der Waals surface area contributed by atoms with E-state index in [0.717, 1.165) is 35.3 Å². The molecule has 1 heterocycles. The van der Waals surface area contributed by atoms with Crippen molar-refractivity contribution in [2.24, 2.45) is 5.92 Å². The fourth-order valence-corrected chi connectivity index (χ4v) is 3.48. The monoisotopic (exact) mass is 268 g/mol. The first-order valence-electron chi connectivity index (χ1n) is 7.85. The standard InChI is InChI=1S/C17H20N2O/c20-16(11-6-3-7-11)13-8-9-14-15(10-13)19-17(18-14)12-4-1-2-5-12/h8-12H,1-7H2,(H,18,19). The number of carbonyl (C=O) groups is 1. The Labute approximate surface area is 118 Å². The van der Waals surface area contributed by atoms with Gasteiger partial charge in [0.15, 0.2) is 5.78 Å². The Morgan fingerprint density at radius 2 is 1.90 bits per heavy atom. The molecule has 0 spiro atoms. The van der Waals surface area contributed by atoms with Crippen molar-refractivity contribution in [1.82, 2.24) is 9.97 Å². The Morgan fingerprint density at radius 1 is 1.10 bits per heavy atom. The van der Waals surface area contributed by atoms with Crippen LogP contribution < -0.4 is 0 Å². The van der Waals surface area contributed by atoms with Gasteiger partial charge in [-0.15, -0.1) is 0 Å². The Bertz CT molecular complexity index is 648. The van der Waals surface area contributed by atoms with E-state index in [9.17, 15) is 4.79 Å². The average molecular weight is 268 g/mol. The van der Waals surface area contributed by atoms with Crippen molar-refractivity contribution in [2.45, 2.75) is 50.9 Å². The SMILES string of the molecule is O=C(c1ccc2nc(C3CCCC3)[nH]c2c1)C1CCC1. The second-order valence-electron chi connectivity index (χ2n) is 6.33. The summed E-state index contributed by atoms with van der Waals surface area (Å²) in [5.74, 6) is 2.29. The van der Waals surface area contributed by atoms with E-state index in [1.165, 1.54) is 32.1 Å². The lowest BCUT2D eigenvalue weighted by Gasteiger charge is -2.23. The third-order valence-electron chi connectivity index (χ3n) is 5.00. The van der Waals surface area contributed by atoms with E-state index >= 15 is 0 Å². The van der Waals surface area contributed by atoms with Crippen molar-refractivity contribution in [1.29, 1.82) is 0 Å². The predicted octanol–water partition coefficient (Wildman–Crippen LogP) is 4.20. The molecule has 0 radical (unpaired) electrons. The highest BCUT2D eigenvalue weighted by molar-refractivity contribution is 6.00. The second-order valence-corrected chi connectivity index (χ2v) is 6.33. The summed E-state index contributed by atoms with van der Waals surface area (Å²) in [4.78, 5) is 20.5. The van der Waals surface area contributed by atoms with Gasteiger partial charge in [-0.25, -0.2) is 4.98 Å². The predicted molar refractivity (Wildman–Crippen MR) is 79.0 cm³/mol. The van der Waals surface area contributed by atoms with Crippen molar-refractivity contribution < 1.29 is 4.79 Å². The number of rotatable bonds is 3. The number of nitrogens with zero attached hydrogens (tertiary/aromatic N) is 1. The first kappa shape index (κ1) is 12.1. The number of hydrogen-bond donors (Lipinski definition) is 1. The summed E-state index contributed by atoms with van der Waals surface area (Å²) in [5.41, 5.74) is 2.87. The highest BCUT2D eigenvalue weighted by Crippen LogP contribution is 2.34. The van der Waals surface area contributed by atoms with Crippen LogP contribution in [0.1, 0.15) is 67.0 Å². The van der Waals surface area contributed by atoms with Gasteiger partial charge in [-0.3, -0.25) is 4.79 Å². The first-order valence-corrected chi connectivity index (χ1v) is 7.85. The minimum absolute atomic E-state index is 0.268. The Balaban J connectivity index is 1.66. The maximum Gasteiger partial charge on any atom is 0.166 e.